The largest absolute Gasteiger partial charge is 0.288 e. The van der Waals surface area contributed by atoms with Crippen LogP contribution in [0.15, 0.2) is 54.6 Å². The third-order valence-electron chi connectivity index (χ3n) is 3.16. The second-order valence-corrected chi connectivity index (χ2v) is 6.05. The molecule has 0 fully saturated rings. The summed E-state index contributed by atoms with van der Waals surface area (Å²) < 4.78 is 0. The third kappa shape index (κ3) is 6.50. The molecule has 0 heterocycles. The molecule has 2 nitrogen and oxygen atoms in total. The summed E-state index contributed by atoms with van der Waals surface area (Å²) in [5.41, 5.74) is 3.52. The molecular formula is C18H20O2S2. The molecule has 0 radical (unpaired) electrons. The predicted octanol–water partition coefficient (Wildman–Crippen LogP) is 4.30. The van der Waals surface area contributed by atoms with Crippen molar-refractivity contribution in [3.63, 3.8) is 0 Å². The summed E-state index contributed by atoms with van der Waals surface area (Å²) in [7, 11) is 0. The lowest BCUT2D eigenvalue weighted by molar-refractivity contribution is -0.110. The van der Waals surface area contributed by atoms with Gasteiger partial charge in [-0.25, -0.2) is 0 Å². The SMILES string of the molecule is CC(=O)S.CC(c1ccccc1)c1ccccc1CC(=O)S. The average Bonchev–Trinajstić information content (AvgIpc) is 2.47. The molecule has 0 aliphatic carbocycles. The van der Waals surface area contributed by atoms with E-state index in [2.05, 4.69) is 50.4 Å². The van der Waals surface area contributed by atoms with Gasteiger partial charge in [0.15, 0.2) is 10.2 Å². The minimum Gasteiger partial charge on any atom is -0.288 e. The van der Waals surface area contributed by atoms with Crippen LogP contribution in [0.1, 0.15) is 36.5 Å². The minimum absolute atomic E-state index is 0.0947. The van der Waals surface area contributed by atoms with E-state index >= 15 is 0 Å². The Bertz CT molecular complexity index is 620. The van der Waals surface area contributed by atoms with Gasteiger partial charge in [0.25, 0.3) is 0 Å². The minimum atomic E-state index is -0.139. The van der Waals surface area contributed by atoms with Crippen molar-refractivity contribution in [1.29, 1.82) is 0 Å². The van der Waals surface area contributed by atoms with Crippen molar-refractivity contribution < 1.29 is 9.59 Å². The van der Waals surface area contributed by atoms with E-state index in [4.69, 9.17) is 0 Å². The lowest BCUT2D eigenvalue weighted by atomic mass is 9.89. The fourth-order valence-corrected chi connectivity index (χ4v) is 2.37. The summed E-state index contributed by atoms with van der Waals surface area (Å²) in [5, 5.41) is -0.234. The van der Waals surface area contributed by atoms with E-state index in [1.54, 1.807) is 0 Å². The van der Waals surface area contributed by atoms with Crippen LogP contribution in [-0.2, 0) is 16.0 Å². The molecule has 2 aromatic carbocycles. The van der Waals surface area contributed by atoms with Crippen LogP contribution in [0.3, 0.4) is 0 Å². The normalized spacial score (nSPS) is 11.1. The van der Waals surface area contributed by atoms with Gasteiger partial charge in [-0.1, -0.05) is 61.5 Å². The van der Waals surface area contributed by atoms with Crippen LogP contribution < -0.4 is 0 Å². The molecule has 116 valence electrons. The van der Waals surface area contributed by atoms with Gasteiger partial charge < -0.3 is 0 Å². The summed E-state index contributed by atoms with van der Waals surface area (Å²) in [6, 6.07) is 18.4. The molecule has 2 rings (SSSR count). The third-order valence-corrected chi connectivity index (χ3v) is 3.32. The van der Waals surface area contributed by atoms with Crippen molar-refractivity contribution in [2.45, 2.75) is 26.2 Å². The van der Waals surface area contributed by atoms with Gasteiger partial charge in [0, 0.05) is 19.3 Å². The van der Waals surface area contributed by atoms with Crippen molar-refractivity contribution >= 4 is 35.5 Å². The zero-order chi connectivity index (χ0) is 16.5. The highest BCUT2D eigenvalue weighted by molar-refractivity contribution is 7.96. The molecule has 22 heavy (non-hydrogen) atoms. The summed E-state index contributed by atoms with van der Waals surface area (Å²) in [6.45, 7) is 3.56. The highest BCUT2D eigenvalue weighted by atomic mass is 32.1. The quantitative estimate of drug-likeness (QED) is 0.819. The number of thiol groups is 2. The molecule has 0 bridgehead atoms. The topological polar surface area (TPSA) is 34.1 Å². The van der Waals surface area contributed by atoms with E-state index in [1.807, 2.05) is 36.4 Å². The maximum Gasteiger partial charge on any atom is 0.190 e. The molecule has 2 aromatic rings. The molecule has 1 unspecified atom stereocenters. The molecule has 1 atom stereocenters. The molecule has 0 aliphatic heterocycles. The average molecular weight is 332 g/mol. The van der Waals surface area contributed by atoms with E-state index in [0.717, 1.165) is 5.56 Å². The summed E-state index contributed by atoms with van der Waals surface area (Å²) in [6.07, 6.45) is 0.385. The Morgan fingerprint density at radius 3 is 2.00 bits per heavy atom. The first-order chi connectivity index (χ1) is 10.4. The van der Waals surface area contributed by atoms with Gasteiger partial charge in [-0.05, 0) is 16.7 Å². The monoisotopic (exact) mass is 332 g/mol. The highest BCUT2D eigenvalue weighted by Gasteiger charge is 2.13. The maximum absolute atomic E-state index is 11.2. The van der Waals surface area contributed by atoms with E-state index in [9.17, 15) is 9.59 Å². The zero-order valence-electron chi connectivity index (χ0n) is 12.7. The highest BCUT2D eigenvalue weighted by Crippen LogP contribution is 2.27. The molecule has 0 spiro atoms. The maximum atomic E-state index is 11.2. The fraction of sp³-hybridized carbons (Fsp3) is 0.222. The molecule has 4 heteroatoms. The van der Waals surface area contributed by atoms with Crippen LogP contribution in [0.25, 0.3) is 0 Å². The van der Waals surface area contributed by atoms with Crippen LogP contribution in [-0.4, -0.2) is 10.2 Å². The Kier molecular flexibility index (Phi) is 7.99. The number of benzene rings is 2. The Labute approximate surface area is 142 Å². The smallest absolute Gasteiger partial charge is 0.190 e. The van der Waals surface area contributed by atoms with Crippen LogP contribution in [0, 0.1) is 0 Å². The standard InChI is InChI=1S/C16H16OS.C2H4OS/c1-12(13-7-3-2-4-8-13)15-10-6-5-9-14(15)11-16(17)18;1-2(3)4/h2-10,12H,11H2,1H3,(H,17,18);1H3,(H,3,4). The fourth-order valence-electron chi connectivity index (χ4n) is 2.20. The molecule has 0 N–H and O–H groups in total. The van der Waals surface area contributed by atoms with Crippen molar-refractivity contribution in [2.24, 2.45) is 0 Å². The second-order valence-electron chi connectivity index (χ2n) is 4.92. The number of rotatable bonds is 4. The predicted molar refractivity (Wildman–Crippen MR) is 97.8 cm³/mol. The molecular weight excluding hydrogens is 312 g/mol. The van der Waals surface area contributed by atoms with E-state index in [1.165, 1.54) is 18.1 Å². The zero-order valence-corrected chi connectivity index (χ0v) is 14.5. The van der Waals surface area contributed by atoms with Gasteiger partial charge in [-0.3, -0.25) is 9.59 Å². The molecule has 0 saturated heterocycles. The van der Waals surface area contributed by atoms with Gasteiger partial charge in [-0.15, -0.1) is 25.3 Å². The lowest BCUT2D eigenvalue weighted by Gasteiger charge is -2.16. The molecule has 0 aromatic heterocycles. The summed E-state index contributed by atoms with van der Waals surface area (Å²) in [5.74, 6) is 0.287. The molecule has 0 aliphatic rings. The second kappa shape index (κ2) is 9.49. The van der Waals surface area contributed by atoms with Crippen molar-refractivity contribution in [2.75, 3.05) is 0 Å². The molecule has 0 saturated carbocycles. The Hall–Kier alpha value is -1.52. The van der Waals surface area contributed by atoms with Crippen molar-refractivity contribution in [3.8, 4) is 0 Å². The van der Waals surface area contributed by atoms with Crippen molar-refractivity contribution in [3.05, 3.63) is 71.3 Å². The summed E-state index contributed by atoms with van der Waals surface area (Å²) in [4.78, 5) is 20.5. The van der Waals surface area contributed by atoms with E-state index < -0.39 is 0 Å². The number of hydrogen-bond acceptors (Lipinski definition) is 2. The Balaban J connectivity index is 0.000000541. The van der Waals surface area contributed by atoms with E-state index in [0.29, 0.717) is 6.42 Å². The van der Waals surface area contributed by atoms with Crippen LogP contribution in [0.4, 0.5) is 0 Å². The van der Waals surface area contributed by atoms with Gasteiger partial charge in [0.05, 0.1) is 0 Å². The van der Waals surface area contributed by atoms with Crippen molar-refractivity contribution in [1.82, 2.24) is 0 Å². The van der Waals surface area contributed by atoms with Gasteiger partial charge in [0.2, 0.25) is 0 Å². The van der Waals surface area contributed by atoms with Gasteiger partial charge >= 0.3 is 0 Å². The number of hydrogen-bond donors (Lipinski definition) is 2. The first-order valence-electron chi connectivity index (χ1n) is 6.96. The lowest BCUT2D eigenvalue weighted by Crippen LogP contribution is -2.03. The van der Waals surface area contributed by atoms with Crippen LogP contribution in [0.2, 0.25) is 0 Å². The Morgan fingerprint density at radius 1 is 0.955 bits per heavy atom. The van der Waals surface area contributed by atoms with Gasteiger partial charge in [-0.2, -0.15) is 0 Å². The van der Waals surface area contributed by atoms with Crippen LogP contribution >= 0.6 is 25.3 Å². The molecule has 0 amide bonds. The number of carbonyl (C=O) groups is 2. The van der Waals surface area contributed by atoms with E-state index in [-0.39, 0.29) is 16.1 Å². The first-order valence-corrected chi connectivity index (χ1v) is 7.85. The number of carbonyl (C=O) groups excluding carboxylic acids is 2. The first kappa shape index (κ1) is 18.5. The van der Waals surface area contributed by atoms with Crippen LogP contribution in [0.5, 0.6) is 0 Å². The van der Waals surface area contributed by atoms with Gasteiger partial charge in [0.1, 0.15) is 0 Å². The Morgan fingerprint density at radius 2 is 1.45 bits per heavy atom. The summed E-state index contributed by atoms with van der Waals surface area (Å²) >= 11 is 7.20.